The molecule has 82 valence electrons. The summed E-state index contributed by atoms with van der Waals surface area (Å²) >= 11 is 0. The smallest absolute Gasteiger partial charge is 0.234 e. The number of piperidine rings is 1. The van der Waals surface area contributed by atoms with Crippen molar-refractivity contribution in [2.24, 2.45) is 17.6 Å². The fraction of sp³-hybridized carbons (Fsp3) is 0.667. The Kier molecular flexibility index (Phi) is 2.13. The first-order valence-corrected chi connectivity index (χ1v) is 4.92. The summed E-state index contributed by atoms with van der Waals surface area (Å²) in [4.78, 5) is 26.2. The van der Waals surface area contributed by atoms with E-state index in [-0.39, 0.29) is 29.6 Å². The van der Waals surface area contributed by atoms with Crippen molar-refractivity contribution in [2.75, 3.05) is 20.1 Å². The lowest BCUT2D eigenvalue weighted by atomic mass is 9.88. The molecule has 2 aliphatic rings. The monoisotopic (exact) mass is 210 g/mol. The molecule has 0 aliphatic carbocycles. The van der Waals surface area contributed by atoms with Crippen molar-refractivity contribution in [2.45, 2.75) is 6.42 Å². The molecule has 0 radical (unpaired) electrons. The number of hydrogen-bond donors (Lipinski definition) is 2. The molecular formula is C9H14N4O2. The molecule has 3 N–H and O–H groups in total. The molecule has 0 unspecified atom stereocenters. The maximum Gasteiger partial charge on any atom is 0.234 e. The van der Waals surface area contributed by atoms with E-state index < -0.39 is 0 Å². The number of carbonyl (C=O) groups is 2. The van der Waals surface area contributed by atoms with Crippen LogP contribution in [-0.4, -0.2) is 47.7 Å². The summed E-state index contributed by atoms with van der Waals surface area (Å²) in [5.41, 5.74) is 5.36. The molecule has 0 spiro atoms. The van der Waals surface area contributed by atoms with Crippen molar-refractivity contribution in [3.8, 4) is 0 Å². The Balaban J connectivity index is 2.18. The molecule has 15 heavy (non-hydrogen) atoms. The molecular weight excluding hydrogens is 196 g/mol. The molecule has 2 rings (SSSR count). The van der Waals surface area contributed by atoms with Gasteiger partial charge in [-0.1, -0.05) is 0 Å². The predicted octanol–water partition coefficient (Wildman–Crippen LogP) is -1.18. The number of nitrogens with two attached hydrogens (primary N) is 1. The van der Waals surface area contributed by atoms with Gasteiger partial charge in [0.05, 0.1) is 11.8 Å². The first-order valence-electron chi connectivity index (χ1n) is 4.92. The average Bonchev–Trinajstić information content (AvgIpc) is 2.44. The zero-order chi connectivity index (χ0) is 11.2. The zero-order valence-corrected chi connectivity index (χ0v) is 8.56. The lowest BCUT2D eigenvalue weighted by Crippen LogP contribution is -2.47. The molecule has 6 heteroatoms. The van der Waals surface area contributed by atoms with Crippen LogP contribution >= 0.6 is 0 Å². The van der Waals surface area contributed by atoms with Crippen LogP contribution in [0, 0.1) is 17.2 Å². The van der Waals surface area contributed by atoms with Crippen molar-refractivity contribution in [3.63, 3.8) is 0 Å². The number of carbonyl (C=O) groups excluding carboxylic acids is 2. The number of guanidine groups is 1. The Morgan fingerprint density at radius 1 is 1.40 bits per heavy atom. The van der Waals surface area contributed by atoms with Crippen molar-refractivity contribution >= 4 is 17.8 Å². The Labute approximate surface area is 87.5 Å². The third-order valence-corrected chi connectivity index (χ3v) is 3.25. The predicted molar refractivity (Wildman–Crippen MR) is 52.9 cm³/mol. The van der Waals surface area contributed by atoms with E-state index in [0.29, 0.717) is 19.5 Å². The van der Waals surface area contributed by atoms with Gasteiger partial charge in [-0.25, -0.2) is 0 Å². The Morgan fingerprint density at radius 3 is 2.60 bits per heavy atom. The maximum absolute atomic E-state index is 11.7. The molecule has 2 saturated heterocycles. The van der Waals surface area contributed by atoms with Gasteiger partial charge < -0.3 is 10.6 Å². The number of fused-ring (bicyclic) bond motifs is 1. The third kappa shape index (κ3) is 1.36. The van der Waals surface area contributed by atoms with Crippen LogP contribution in [0.4, 0.5) is 0 Å². The summed E-state index contributed by atoms with van der Waals surface area (Å²) in [6.07, 6.45) is 0.610. The second-order valence-electron chi connectivity index (χ2n) is 4.07. The number of hydrogen-bond acceptors (Lipinski definition) is 3. The summed E-state index contributed by atoms with van der Waals surface area (Å²) in [6, 6.07) is 0. The van der Waals surface area contributed by atoms with Gasteiger partial charge in [0, 0.05) is 20.1 Å². The molecule has 0 aromatic carbocycles. The highest BCUT2D eigenvalue weighted by atomic mass is 16.2. The molecule has 2 aliphatic heterocycles. The summed E-state index contributed by atoms with van der Waals surface area (Å²) in [7, 11) is 1.51. The van der Waals surface area contributed by atoms with Gasteiger partial charge in [0.1, 0.15) is 0 Å². The number of nitrogens with one attached hydrogen (secondary N) is 1. The normalized spacial score (nSPS) is 30.7. The van der Waals surface area contributed by atoms with E-state index in [0.717, 1.165) is 0 Å². The topological polar surface area (TPSA) is 90.5 Å². The van der Waals surface area contributed by atoms with Crippen LogP contribution in [0.3, 0.4) is 0 Å². The summed E-state index contributed by atoms with van der Waals surface area (Å²) < 4.78 is 0. The van der Waals surface area contributed by atoms with E-state index in [9.17, 15) is 9.59 Å². The summed E-state index contributed by atoms with van der Waals surface area (Å²) in [5.74, 6) is -0.759. The van der Waals surface area contributed by atoms with E-state index >= 15 is 0 Å². The minimum atomic E-state index is -0.305. The minimum absolute atomic E-state index is 0.0248. The van der Waals surface area contributed by atoms with Crippen molar-refractivity contribution < 1.29 is 9.59 Å². The van der Waals surface area contributed by atoms with Crippen molar-refractivity contribution in [1.82, 2.24) is 9.80 Å². The van der Waals surface area contributed by atoms with Crippen LogP contribution in [-0.2, 0) is 9.59 Å². The molecule has 2 atom stereocenters. The molecule has 0 aromatic rings. The van der Waals surface area contributed by atoms with Crippen molar-refractivity contribution in [3.05, 3.63) is 0 Å². The van der Waals surface area contributed by atoms with Gasteiger partial charge in [-0.3, -0.25) is 19.9 Å². The van der Waals surface area contributed by atoms with Gasteiger partial charge in [-0.05, 0) is 6.42 Å². The lowest BCUT2D eigenvalue weighted by molar-refractivity contribution is -0.138. The lowest BCUT2D eigenvalue weighted by Gasteiger charge is -2.32. The number of likely N-dealkylation sites (tertiary alicyclic amines) is 2. The largest absolute Gasteiger partial charge is 0.370 e. The van der Waals surface area contributed by atoms with Gasteiger partial charge >= 0.3 is 0 Å². The molecule has 2 amide bonds. The molecule has 6 nitrogen and oxygen atoms in total. The second-order valence-corrected chi connectivity index (χ2v) is 4.07. The molecule has 2 heterocycles. The van der Waals surface area contributed by atoms with E-state index in [2.05, 4.69) is 0 Å². The molecule has 2 fully saturated rings. The first-order chi connectivity index (χ1) is 7.02. The van der Waals surface area contributed by atoms with Crippen LogP contribution in [0.2, 0.25) is 0 Å². The van der Waals surface area contributed by atoms with Crippen LogP contribution in [0.1, 0.15) is 6.42 Å². The Morgan fingerprint density at radius 2 is 2.00 bits per heavy atom. The van der Waals surface area contributed by atoms with Crippen LogP contribution in [0.5, 0.6) is 0 Å². The highest BCUT2D eigenvalue weighted by molar-refractivity contribution is 6.05. The fourth-order valence-electron chi connectivity index (χ4n) is 2.32. The van der Waals surface area contributed by atoms with Crippen LogP contribution in [0.25, 0.3) is 0 Å². The fourth-order valence-corrected chi connectivity index (χ4v) is 2.32. The summed E-state index contributed by atoms with van der Waals surface area (Å²) in [6.45, 7) is 0.984. The van der Waals surface area contributed by atoms with E-state index in [4.69, 9.17) is 11.1 Å². The van der Waals surface area contributed by atoms with E-state index in [1.807, 2.05) is 0 Å². The van der Waals surface area contributed by atoms with Gasteiger partial charge in [-0.15, -0.1) is 0 Å². The van der Waals surface area contributed by atoms with Gasteiger partial charge in [0.15, 0.2) is 5.96 Å². The van der Waals surface area contributed by atoms with Gasteiger partial charge in [-0.2, -0.15) is 0 Å². The Hall–Kier alpha value is -1.59. The average molecular weight is 210 g/mol. The number of amides is 2. The highest BCUT2D eigenvalue weighted by Gasteiger charge is 2.48. The van der Waals surface area contributed by atoms with Crippen LogP contribution in [0.15, 0.2) is 0 Å². The first kappa shape index (κ1) is 9.95. The third-order valence-electron chi connectivity index (χ3n) is 3.25. The number of imide groups is 1. The van der Waals surface area contributed by atoms with Gasteiger partial charge in [0.2, 0.25) is 11.8 Å². The number of nitrogens with zero attached hydrogens (tertiary/aromatic N) is 2. The minimum Gasteiger partial charge on any atom is -0.370 e. The SMILES string of the molecule is CN1C(=O)[C@H]2CCN(C(=N)N)C[C@@H]2C1=O. The Bertz CT molecular complexity index is 341. The standard InChI is InChI=1S/C9H14N4O2/c1-12-7(14)5-2-3-13(9(10)11)4-6(5)8(12)15/h5-6H,2-4H2,1H3,(H3,10,11)/t5-,6-/m0/s1. The molecule has 0 bridgehead atoms. The van der Waals surface area contributed by atoms with E-state index in [1.54, 1.807) is 4.90 Å². The molecule has 0 aromatic heterocycles. The highest BCUT2D eigenvalue weighted by Crippen LogP contribution is 2.32. The zero-order valence-electron chi connectivity index (χ0n) is 8.56. The maximum atomic E-state index is 11.7. The van der Waals surface area contributed by atoms with Crippen molar-refractivity contribution in [1.29, 1.82) is 5.41 Å². The summed E-state index contributed by atoms with van der Waals surface area (Å²) in [5, 5.41) is 7.30. The van der Waals surface area contributed by atoms with Gasteiger partial charge in [0.25, 0.3) is 0 Å². The number of rotatable bonds is 0. The van der Waals surface area contributed by atoms with E-state index in [1.165, 1.54) is 11.9 Å². The van der Waals surface area contributed by atoms with Crippen LogP contribution < -0.4 is 5.73 Å². The molecule has 0 saturated carbocycles. The second kappa shape index (κ2) is 3.22. The quantitative estimate of drug-likeness (QED) is 0.299.